The summed E-state index contributed by atoms with van der Waals surface area (Å²) in [5.41, 5.74) is 0. The standard InChI is InChI=1S/C12H19NO/c1-4-8-13(9-5-2)12(14)10(3)11-6-7-11/h1,10-11H,5-9H2,2-3H3. The number of nitrogens with zero attached hydrogens (tertiary/aromatic N) is 1. The molecular weight excluding hydrogens is 174 g/mol. The maximum absolute atomic E-state index is 11.9. The Kier molecular flexibility index (Phi) is 4.00. The predicted molar refractivity (Wildman–Crippen MR) is 57.6 cm³/mol. The number of carbonyl (C=O) groups is 1. The Labute approximate surface area is 86.7 Å². The van der Waals surface area contributed by atoms with Crippen molar-refractivity contribution in [2.24, 2.45) is 11.8 Å². The van der Waals surface area contributed by atoms with E-state index in [0.29, 0.717) is 12.5 Å². The maximum Gasteiger partial charge on any atom is 0.226 e. The van der Waals surface area contributed by atoms with Crippen molar-refractivity contribution in [3.63, 3.8) is 0 Å². The zero-order valence-electron chi connectivity index (χ0n) is 9.12. The van der Waals surface area contributed by atoms with Crippen LogP contribution >= 0.6 is 0 Å². The molecule has 0 N–H and O–H groups in total. The van der Waals surface area contributed by atoms with Crippen molar-refractivity contribution in [2.45, 2.75) is 33.1 Å². The van der Waals surface area contributed by atoms with Gasteiger partial charge in [0.15, 0.2) is 0 Å². The first kappa shape index (κ1) is 11.1. The summed E-state index contributed by atoms with van der Waals surface area (Å²) >= 11 is 0. The molecule has 1 aliphatic rings. The zero-order chi connectivity index (χ0) is 10.6. The van der Waals surface area contributed by atoms with E-state index in [2.05, 4.69) is 12.8 Å². The molecular formula is C12H19NO. The van der Waals surface area contributed by atoms with Crippen molar-refractivity contribution < 1.29 is 4.79 Å². The molecule has 0 saturated heterocycles. The second kappa shape index (κ2) is 5.05. The second-order valence-electron chi connectivity index (χ2n) is 4.09. The molecule has 1 fully saturated rings. The lowest BCUT2D eigenvalue weighted by atomic mass is 10.0. The summed E-state index contributed by atoms with van der Waals surface area (Å²) in [7, 11) is 0. The molecule has 1 rings (SSSR count). The van der Waals surface area contributed by atoms with E-state index in [4.69, 9.17) is 6.42 Å². The van der Waals surface area contributed by atoms with Crippen LogP contribution in [0.25, 0.3) is 0 Å². The van der Waals surface area contributed by atoms with E-state index in [1.54, 1.807) is 0 Å². The van der Waals surface area contributed by atoms with Gasteiger partial charge in [-0.2, -0.15) is 0 Å². The van der Waals surface area contributed by atoms with Crippen molar-refractivity contribution in [1.82, 2.24) is 4.90 Å². The minimum atomic E-state index is 0.176. The summed E-state index contributed by atoms with van der Waals surface area (Å²) in [6.45, 7) is 5.35. The smallest absolute Gasteiger partial charge is 0.226 e. The molecule has 1 amide bonds. The Morgan fingerprint density at radius 2 is 2.29 bits per heavy atom. The summed E-state index contributed by atoms with van der Waals surface area (Å²) in [5, 5.41) is 0. The van der Waals surface area contributed by atoms with Crippen LogP contribution in [-0.2, 0) is 4.79 Å². The monoisotopic (exact) mass is 193 g/mol. The van der Waals surface area contributed by atoms with Gasteiger partial charge in [-0.3, -0.25) is 4.79 Å². The summed E-state index contributed by atoms with van der Waals surface area (Å²) in [4.78, 5) is 13.7. The molecule has 0 heterocycles. The quantitative estimate of drug-likeness (QED) is 0.611. The highest BCUT2D eigenvalue weighted by atomic mass is 16.2. The number of hydrogen-bond acceptors (Lipinski definition) is 1. The van der Waals surface area contributed by atoms with Gasteiger partial charge in [0.05, 0.1) is 6.54 Å². The summed E-state index contributed by atoms with van der Waals surface area (Å²) in [6, 6.07) is 0. The van der Waals surface area contributed by atoms with E-state index in [9.17, 15) is 4.79 Å². The number of amides is 1. The largest absolute Gasteiger partial charge is 0.331 e. The molecule has 2 heteroatoms. The minimum absolute atomic E-state index is 0.176. The number of hydrogen-bond donors (Lipinski definition) is 0. The fourth-order valence-corrected chi connectivity index (χ4v) is 1.73. The van der Waals surface area contributed by atoms with Gasteiger partial charge in [0, 0.05) is 12.5 Å². The topological polar surface area (TPSA) is 20.3 Å². The number of carbonyl (C=O) groups excluding carboxylic acids is 1. The average Bonchev–Trinajstić information content (AvgIpc) is 2.98. The molecule has 1 saturated carbocycles. The molecule has 0 bridgehead atoms. The van der Waals surface area contributed by atoms with E-state index < -0.39 is 0 Å². The third-order valence-corrected chi connectivity index (χ3v) is 2.81. The van der Waals surface area contributed by atoms with Crippen LogP contribution in [0.15, 0.2) is 0 Å². The molecule has 0 aromatic carbocycles. The van der Waals surface area contributed by atoms with Crippen molar-refractivity contribution in [1.29, 1.82) is 0 Å². The molecule has 1 aliphatic carbocycles. The van der Waals surface area contributed by atoms with Gasteiger partial charge in [-0.15, -0.1) is 6.42 Å². The molecule has 1 atom stereocenters. The predicted octanol–water partition coefficient (Wildman–Crippen LogP) is 1.90. The van der Waals surface area contributed by atoms with Crippen LogP contribution in [-0.4, -0.2) is 23.9 Å². The van der Waals surface area contributed by atoms with Crippen molar-refractivity contribution in [3.8, 4) is 12.3 Å². The Balaban J connectivity index is 2.48. The van der Waals surface area contributed by atoms with Gasteiger partial charge in [0.2, 0.25) is 5.91 Å². The van der Waals surface area contributed by atoms with Gasteiger partial charge in [0.1, 0.15) is 0 Å². The first-order valence-electron chi connectivity index (χ1n) is 5.43. The lowest BCUT2D eigenvalue weighted by Gasteiger charge is -2.23. The molecule has 0 aromatic rings. The normalized spacial score (nSPS) is 17.2. The maximum atomic E-state index is 11.9. The van der Waals surface area contributed by atoms with Gasteiger partial charge >= 0.3 is 0 Å². The lowest BCUT2D eigenvalue weighted by Crippen LogP contribution is -2.36. The molecule has 0 aliphatic heterocycles. The number of rotatable bonds is 5. The minimum Gasteiger partial charge on any atom is -0.331 e. The van der Waals surface area contributed by atoms with E-state index >= 15 is 0 Å². The van der Waals surface area contributed by atoms with Crippen LogP contribution in [0.3, 0.4) is 0 Å². The zero-order valence-corrected chi connectivity index (χ0v) is 9.12. The number of terminal acetylenes is 1. The highest BCUT2D eigenvalue weighted by molar-refractivity contribution is 5.79. The fraction of sp³-hybridized carbons (Fsp3) is 0.750. The Hall–Kier alpha value is -0.970. The van der Waals surface area contributed by atoms with Gasteiger partial charge in [-0.25, -0.2) is 0 Å². The van der Waals surface area contributed by atoms with Crippen LogP contribution in [0, 0.1) is 24.2 Å². The Morgan fingerprint density at radius 1 is 1.64 bits per heavy atom. The van der Waals surface area contributed by atoms with Crippen LogP contribution < -0.4 is 0 Å². The molecule has 2 nitrogen and oxygen atoms in total. The summed E-state index contributed by atoms with van der Waals surface area (Å²) in [5.74, 6) is 3.60. The fourth-order valence-electron chi connectivity index (χ4n) is 1.73. The molecule has 0 spiro atoms. The third-order valence-electron chi connectivity index (χ3n) is 2.81. The van der Waals surface area contributed by atoms with E-state index in [-0.39, 0.29) is 11.8 Å². The molecule has 14 heavy (non-hydrogen) atoms. The van der Waals surface area contributed by atoms with E-state index in [1.165, 1.54) is 12.8 Å². The first-order valence-corrected chi connectivity index (χ1v) is 5.43. The first-order chi connectivity index (χ1) is 6.70. The van der Waals surface area contributed by atoms with Gasteiger partial charge < -0.3 is 4.90 Å². The van der Waals surface area contributed by atoms with Crippen molar-refractivity contribution >= 4 is 5.91 Å². The van der Waals surface area contributed by atoms with Gasteiger partial charge in [0.25, 0.3) is 0 Å². The van der Waals surface area contributed by atoms with E-state index in [0.717, 1.165) is 13.0 Å². The molecule has 1 unspecified atom stereocenters. The Bertz CT molecular complexity index is 237. The highest BCUT2D eigenvalue weighted by Crippen LogP contribution is 2.37. The van der Waals surface area contributed by atoms with Crippen LogP contribution in [0.5, 0.6) is 0 Å². The summed E-state index contributed by atoms with van der Waals surface area (Å²) < 4.78 is 0. The lowest BCUT2D eigenvalue weighted by molar-refractivity contribution is -0.135. The van der Waals surface area contributed by atoms with Crippen LogP contribution in [0.2, 0.25) is 0 Å². The molecule has 0 radical (unpaired) electrons. The summed E-state index contributed by atoms with van der Waals surface area (Å²) in [6.07, 6.45) is 8.64. The second-order valence-corrected chi connectivity index (χ2v) is 4.09. The van der Waals surface area contributed by atoms with Crippen molar-refractivity contribution in [2.75, 3.05) is 13.1 Å². The molecule has 78 valence electrons. The highest BCUT2D eigenvalue weighted by Gasteiger charge is 2.34. The van der Waals surface area contributed by atoms with Gasteiger partial charge in [-0.05, 0) is 25.2 Å². The van der Waals surface area contributed by atoms with Crippen LogP contribution in [0.4, 0.5) is 0 Å². The molecule has 0 aromatic heterocycles. The average molecular weight is 193 g/mol. The van der Waals surface area contributed by atoms with Gasteiger partial charge in [-0.1, -0.05) is 19.8 Å². The Morgan fingerprint density at radius 3 is 2.71 bits per heavy atom. The van der Waals surface area contributed by atoms with Crippen LogP contribution in [0.1, 0.15) is 33.1 Å². The van der Waals surface area contributed by atoms with Crippen molar-refractivity contribution in [3.05, 3.63) is 0 Å². The SMILES string of the molecule is C#CCN(CCC)C(=O)C(C)C1CC1. The third kappa shape index (κ3) is 2.77. The van der Waals surface area contributed by atoms with E-state index in [1.807, 2.05) is 11.8 Å².